The molecule has 0 aliphatic heterocycles. The zero-order valence-electron chi connectivity index (χ0n) is 21.4. The lowest BCUT2D eigenvalue weighted by molar-refractivity contribution is -0.137. The molecule has 2 unspecified atom stereocenters. The summed E-state index contributed by atoms with van der Waals surface area (Å²) in [7, 11) is 2.24. The molecule has 2 atom stereocenters. The third-order valence-electron chi connectivity index (χ3n) is 6.95. The molecule has 2 heterocycles. The number of fused-ring (bicyclic) bond motifs is 1. The van der Waals surface area contributed by atoms with Crippen molar-refractivity contribution >= 4 is 42.2 Å². The number of pyridine rings is 1. The van der Waals surface area contributed by atoms with Crippen molar-refractivity contribution in [3.8, 4) is 0 Å². The number of amides is 2. The van der Waals surface area contributed by atoms with Gasteiger partial charge in [-0.15, -0.1) is 0 Å². The van der Waals surface area contributed by atoms with Gasteiger partial charge in [0.2, 0.25) is 0 Å². The van der Waals surface area contributed by atoms with Gasteiger partial charge in [-0.3, -0.25) is 0 Å². The topological polar surface area (TPSA) is 91.8 Å². The van der Waals surface area contributed by atoms with Crippen LogP contribution in [0, 0.1) is 12.8 Å². The van der Waals surface area contributed by atoms with E-state index >= 15 is 0 Å². The summed E-state index contributed by atoms with van der Waals surface area (Å²) in [5.74, 6) is 1.43. The van der Waals surface area contributed by atoms with Crippen LogP contribution in [0.2, 0.25) is 0 Å². The zero-order chi connectivity index (χ0) is 26.6. The molecule has 0 spiro atoms. The Bertz CT molecular complexity index is 1270. The lowest BCUT2D eigenvalue weighted by atomic mass is 9.70. The van der Waals surface area contributed by atoms with Crippen molar-refractivity contribution in [1.82, 2.24) is 15.0 Å². The Morgan fingerprint density at radius 1 is 1.08 bits per heavy atom. The van der Waals surface area contributed by atoms with Crippen LogP contribution in [0.4, 0.5) is 35.2 Å². The van der Waals surface area contributed by atoms with Crippen LogP contribution in [0.1, 0.15) is 63.1 Å². The van der Waals surface area contributed by atoms with Gasteiger partial charge in [0.25, 0.3) is 0 Å². The first-order valence-corrected chi connectivity index (χ1v) is 12.7. The van der Waals surface area contributed by atoms with E-state index in [1.165, 1.54) is 44.2 Å². The monoisotopic (exact) mass is 512 g/mol. The third-order valence-corrected chi connectivity index (χ3v) is 6.95. The maximum atomic E-state index is 12.9. The smallest absolute Gasteiger partial charge is 0.371 e. The fourth-order valence-electron chi connectivity index (χ4n) is 4.83. The molecule has 2 aromatic heterocycles. The molecule has 1 aliphatic rings. The summed E-state index contributed by atoms with van der Waals surface area (Å²) in [6.07, 6.45) is 5.39. The molecule has 37 heavy (non-hydrogen) atoms. The first-order valence-electron chi connectivity index (χ1n) is 12.7. The number of alkyl halides is 3. The normalized spacial score (nSPS) is 20.9. The average molecular weight is 512 g/mol. The van der Waals surface area contributed by atoms with Crippen molar-refractivity contribution in [1.29, 1.82) is 0 Å². The molecule has 1 fully saturated rings. The molecule has 1 aliphatic carbocycles. The number of aromatic nitrogens is 3. The summed E-state index contributed by atoms with van der Waals surface area (Å²) < 4.78 is 38.8. The standard InChI is InChI=1S/C26H32BF3N6O/c1-16-7-3-4-11-25(27,12-6-8-16)36-22-15-31-21-14-20(17(2)32-23(21)35-22)34-24(37)33-19-10-5-9-18(13-19)26(28,29)30/h5,9-10,13-16H,3-4,6-8,11-12,27H2,1-2H3,(H,32,35,36)(H2,33,34,37). The molecule has 3 N–H and O–H groups in total. The number of urea groups is 1. The number of rotatable bonds is 4. The molecule has 0 bridgehead atoms. The van der Waals surface area contributed by atoms with Crippen LogP contribution in [0.25, 0.3) is 11.2 Å². The second-order valence-electron chi connectivity index (χ2n) is 10.3. The highest BCUT2D eigenvalue weighted by Gasteiger charge is 2.30. The Hall–Kier alpha value is -3.37. The first-order chi connectivity index (χ1) is 17.5. The number of nitrogens with zero attached hydrogens (tertiary/aromatic N) is 3. The number of benzene rings is 1. The SMILES string of the molecule is BC1(Nc2cnc3cc(NC(=O)Nc4cccc(C(F)(F)F)c4)c(C)nc3n2)CCCCC(C)CCC1. The Labute approximate surface area is 215 Å². The number of carbonyl (C=O) groups excluding carboxylic acids is 1. The van der Waals surface area contributed by atoms with Crippen LogP contribution in [0.15, 0.2) is 36.5 Å². The fourth-order valence-corrected chi connectivity index (χ4v) is 4.83. The molecule has 3 aromatic rings. The van der Waals surface area contributed by atoms with E-state index in [1.807, 2.05) is 0 Å². The molecule has 1 saturated carbocycles. The summed E-state index contributed by atoms with van der Waals surface area (Å²) in [6.45, 7) is 4.05. The quantitative estimate of drug-likeness (QED) is 0.367. The molecule has 7 nitrogen and oxygen atoms in total. The number of halogens is 3. The molecule has 4 rings (SSSR count). The number of carbonyl (C=O) groups is 1. The van der Waals surface area contributed by atoms with Crippen LogP contribution in [0.3, 0.4) is 0 Å². The summed E-state index contributed by atoms with van der Waals surface area (Å²) in [5, 5.41) is 8.67. The minimum absolute atomic E-state index is 0.0297. The van der Waals surface area contributed by atoms with Gasteiger partial charge >= 0.3 is 12.2 Å². The van der Waals surface area contributed by atoms with E-state index in [0.29, 0.717) is 28.4 Å². The van der Waals surface area contributed by atoms with Crippen LogP contribution >= 0.6 is 0 Å². The highest BCUT2D eigenvalue weighted by atomic mass is 19.4. The average Bonchev–Trinajstić information content (AvgIpc) is 2.89. The van der Waals surface area contributed by atoms with E-state index in [-0.39, 0.29) is 11.1 Å². The highest BCUT2D eigenvalue weighted by molar-refractivity contribution is 6.17. The van der Waals surface area contributed by atoms with E-state index in [4.69, 9.17) is 0 Å². The van der Waals surface area contributed by atoms with Gasteiger partial charge in [0.05, 0.1) is 23.1 Å². The van der Waals surface area contributed by atoms with E-state index < -0.39 is 17.8 Å². The van der Waals surface area contributed by atoms with Gasteiger partial charge in [-0.1, -0.05) is 45.1 Å². The molecule has 196 valence electrons. The van der Waals surface area contributed by atoms with Gasteiger partial charge in [0.15, 0.2) is 5.65 Å². The molecular formula is C26H32BF3N6O. The van der Waals surface area contributed by atoms with Gasteiger partial charge in [-0.25, -0.2) is 19.7 Å². The van der Waals surface area contributed by atoms with Gasteiger partial charge in [-0.05, 0) is 49.9 Å². The Kier molecular flexibility index (Phi) is 7.89. The predicted octanol–water partition coefficient (Wildman–Crippen LogP) is 6.12. The Morgan fingerprint density at radius 2 is 1.84 bits per heavy atom. The van der Waals surface area contributed by atoms with Crippen molar-refractivity contribution in [3.05, 3.63) is 47.8 Å². The summed E-state index contributed by atoms with van der Waals surface area (Å²) >= 11 is 0. The van der Waals surface area contributed by atoms with Crippen LogP contribution in [0.5, 0.6) is 0 Å². The Balaban J connectivity index is 1.46. The van der Waals surface area contributed by atoms with E-state index in [0.717, 1.165) is 30.9 Å². The number of hydrogen-bond acceptors (Lipinski definition) is 5. The van der Waals surface area contributed by atoms with Gasteiger partial charge < -0.3 is 16.0 Å². The maximum Gasteiger partial charge on any atom is 0.416 e. The minimum Gasteiger partial charge on any atom is -0.371 e. The second kappa shape index (κ2) is 10.9. The van der Waals surface area contributed by atoms with Crippen molar-refractivity contribution < 1.29 is 18.0 Å². The minimum atomic E-state index is -4.50. The lowest BCUT2D eigenvalue weighted by Crippen LogP contribution is -2.39. The van der Waals surface area contributed by atoms with Gasteiger partial charge in [0.1, 0.15) is 19.2 Å². The largest absolute Gasteiger partial charge is 0.416 e. The van der Waals surface area contributed by atoms with E-state index in [1.54, 1.807) is 19.2 Å². The van der Waals surface area contributed by atoms with Crippen LogP contribution < -0.4 is 16.0 Å². The van der Waals surface area contributed by atoms with E-state index in [2.05, 4.69) is 45.7 Å². The van der Waals surface area contributed by atoms with Crippen molar-refractivity contribution in [2.45, 2.75) is 70.4 Å². The maximum absolute atomic E-state index is 12.9. The van der Waals surface area contributed by atoms with E-state index in [9.17, 15) is 18.0 Å². The summed E-state index contributed by atoms with van der Waals surface area (Å²) in [4.78, 5) is 26.1. The zero-order valence-corrected chi connectivity index (χ0v) is 21.4. The van der Waals surface area contributed by atoms with Gasteiger partial charge in [0, 0.05) is 11.1 Å². The van der Waals surface area contributed by atoms with Crippen molar-refractivity contribution in [2.75, 3.05) is 16.0 Å². The summed E-state index contributed by atoms with van der Waals surface area (Å²) in [5.41, 5.74) is 0.981. The molecule has 0 radical (unpaired) electrons. The highest BCUT2D eigenvalue weighted by Crippen LogP contribution is 2.31. The number of nitrogens with one attached hydrogen (secondary N) is 3. The first kappa shape index (κ1) is 26.7. The number of anilines is 3. The third kappa shape index (κ3) is 7.11. The van der Waals surface area contributed by atoms with Gasteiger partial charge in [-0.2, -0.15) is 13.2 Å². The molecule has 11 heteroatoms. The van der Waals surface area contributed by atoms with Crippen molar-refractivity contribution in [2.24, 2.45) is 5.92 Å². The number of hydrogen-bond donors (Lipinski definition) is 3. The Morgan fingerprint density at radius 3 is 2.62 bits per heavy atom. The lowest BCUT2D eigenvalue weighted by Gasteiger charge is -2.31. The fraction of sp³-hybridized carbons (Fsp3) is 0.462. The molecule has 2 amide bonds. The molecular weight excluding hydrogens is 480 g/mol. The molecule has 1 aromatic carbocycles. The second-order valence-corrected chi connectivity index (χ2v) is 10.3. The van der Waals surface area contributed by atoms with Crippen molar-refractivity contribution in [3.63, 3.8) is 0 Å². The summed E-state index contributed by atoms with van der Waals surface area (Å²) in [6, 6.07) is 5.42. The number of aryl methyl sites for hydroxylation is 1. The van der Waals surface area contributed by atoms with Crippen LogP contribution in [-0.4, -0.2) is 34.3 Å². The molecule has 0 saturated heterocycles. The van der Waals surface area contributed by atoms with Crippen LogP contribution in [-0.2, 0) is 6.18 Å². The predicted molar refractivity (Wildman–Crippen MR) is 143 cm³/mol.